The smallest absolute Gasteiger partial charge is 0.255 e. The first kappa shape index (κ1) is 17.2. The van der Waals surface area contributed by atoms with Crippen LogP contribution in [0.3, 0.4) is 0 Å². The van der Waals surface area contributed by atoms with Crippen LogP contribution in [0.2, 0.25) is 0 Å². The van der Waals surface area contributed by atoms with Crippen LogP contribution in [-0.2, 0) is 22.7 Å². The van der Waals surface area contributed by atoms with Gasteiger partial charge in [0.1, 0.15) is 6.04 Å². The lowest BCUT2D eigenvalue weighted by molar-refractivity contribution is -0.136. The number of rotatable bonds is 5. The van der Waals surface area contributed by atoms with E-state index in [1.807, 2.05) is 12.1 Å². The Hall–Kier alpha value is -2.25. The molecule has 1 aromatic carbocycles. The van der Waals surface area contributed by atoms with Gasteiger partial charge in [-0.25, -0.2) is 0 Å². The van der Waals surface area contributed by atoms with Crippen molar-refractivity contribution in [2.75, 3.05) is 20.1 Å². The van der Waals surface area contributed by atoms with Gasteiger partial charge in [0, 0.05) is 37.7 Å². The summed E-state index contributed by atoms with van der Waals surface area (Å²) in [6.07, 6.45) is 1.90. The van der Waals surface area contributed by atoms with E-state index in [-0.39, 0.29) is 24.1 Å². The van der Waals surface area contributed by atoms with Gasteiger partial charge in [-0.05, 0) is 43.6 Å². The molecule has 0 saturated carbocycles. The zero-order valence-corrected chi connectivity index (χ0v) is 15.0. The van der Waals surface area contributed by atoms with E-state index < -0.39 is 6.04 Å². The third-order valence-corrected chi connectivity index (χ3v) is 5.50. The highest BCUT2D eigenvalue weighted by atomic mass is 16.2. The number of piperidine rings is 1. The number of nitrogens with zero attached hydrogens (tertiary/aromatic N) is 2. The third-order valence-electron chi connectivity index (χ3n) is 5.50. The lowest BCUT2D eigenvalue weighted by Crippen LogP contribution is -2.52. The summed E-state index contributed by atoms with van der Waals surface area (Å²) in [5, 5.41) is 5.74. The SMILES string of the molecule is CN(Cc1ccc2c(c1)CN(C1CCC(=O)NC1=O)C2=O)CC1CCN1. The molecule has 0 aromatic heterocycles. The van der Waals surface area contributed by atoms with Crippen LogP contribution in [0, 0.1) is 0 Å². The molecule has 3 heterocycles. The number of hydrogen-bond acceptors (Lipinski definition) is 5. The monoisotopic (exact) mass is 356 g/mol. The molecule has 0 aliphatic carbocycles. The van der Waals surface area contributed by atoms with Crippen molar-refractivity contribution >= 4 is 17.7 Å². The van der Waals surface area contributed by atoms with E-state index in [1.165, 1.54) is 12.0 Å². The standard InChI is InChI=1S/C19H24N4O3/c1-22(11-14-6-7-20-14)9-12-2-3-15-13(8-12)10-23(19(15)26)16-4-5-17(24)21-18(16)25/h2-3,8,14,16,20H,4-7,9-11H2,1H3,(H,21,24,25). The molecule has 2 fully saturated rings. The molecule has 2 N–H and O–H groups in total. The van der Waals surface area contributed by atoms with Crippen LogP contribution < -0.4 is 10.6 Å². The van der Waals surface area contributed by atoms with Crippen molar-refractivity contribution in [3.8, 4) is 0 Å². The van der Waals surface area contributed by atoms with Crippen molar-refractivity contribution in [3.63, 3.8) is 0 Å². The first-order valence-corrected chi connectivity index (χ1v) is 9.19. The summed E-state index contributed by atoms with van der Waals surface area (Å²) < 4.78 is 0. The summed E-state index contributed by atoms with van der Waals surface area (Å²) in [6, 6.07) is 5.97. The van der Waals surface area contributed by atoms with Crippen molar-refractivity contribution in [1.29, 1.82) is 0 Å². The van der Waals surface area contributed by atoms with Crippen LogP contribution in [0.1, 0.15) is 40.7 Å². The van der Waals surface area contributed by atoms with Crippen LogP contribution >= 0.6 is 0 Å². The number of carbonyl (C=O) groups is 3. The third kappa shape index (κ3) is 3.24. The largest absolute Gasteiger partial charge is 0.322 e. The van der Waals surface area contributed by atoms with E-state index in [4.69, 9.17) is 0 Å². The molecule has 0 spiro atoms. The molecular weight excluding hydrogens is 332 g/mol. The molecule has 26 heavy (non-hydrogen) atoms. The number of nitrogens with one attached hydrogen (secondary N) is 2. The normalized spacial score (nSPS) is 25.3. The van der Waals surface area contributed by atoms with Gasteiger partial charge in [-0.2, -0.15) is 0 Å². The lowest BCUT2D eigenvalue weighted by atomic mass is 10.0. The maximum atomic E-state index is 12.7. The minimum absolute atomic E-state index is 0.118. The summed E-state index contributed by atoms with van der Waals surface area (Å²) in [7, 11) is 2.11. The van der Waals surface area contributed by atoms with Gasteiger partial charge in [-0.1, -0.05) is 12.1 Å². The quantitative estimate of drug-likeness (QED) is 0.739. The van der Waals surface area contributed by atoms with Gasteiger partial charge in [0.25, 0.3) is 5.91 Å². The predicted octanol–water partition coefficient (Wildman–Crippen LogP) is 0.241. The van der Waals surface area contributed by atoms with Gasteiger partial charge in [0.15, 0.2) is 0 Å². The molecule has 7 nitrogen and oxygen atoms in total. The van der Waals surface area contributed by atoms with Crippen LogP contribution in [0.4, 0.5) is 0 Å². The van der Waals surface area contributed by atoms with Crippen molar-refractivity contribution in [1.82, 2.24) is 20.4 Å². The van der Waals surface area contributed by atoms with E-state index in [2.05, 4.69) is 28.6 Å². The van der Waals surface area contributed by atoms with Crippen LogP contribution in [0.15, 0.2) is 18.2 Å². The molecule has 0 bridgehead atoms. The fraction of sp³-hybridized carbons (Fsp3) is 0.526. The minimum atomic E-state index is -0.552. The highest BCUT2D eigenvalue weighted by Gasteiger charge is 2.39. The molecule has 0 radical (unpaired) electrons. The van der Waals surface area contributed by atoms with Gasteiger partial charge in [-0.15, -0.1) is 0 Å². The Balaban J connectivity index is 1.44. The number of likely N-dealkylation sites (N-methyl/N-ethyl adjacent to an activating group) is 1. The first-order chi connectivity index (χ1) is 12.5. The maximum Gasteiger partial charge on any atom is 0.255 e. The summed E-state index contributed by atoms with van der Waals surface area (Å²) in [5.74, 6) is -0.745. The fourth-order valence-corrected chi connectivity index (χ4v) is 3.98. The molecule has 4 rings (SSSR count). The molecule has 2 unspecified atom stereocenters. The number of carbonyl (C=O) groups excluding carboxylic acids is 3. The molecule has 138 valence electrons. The van der Waals surface area contributed by atoms with Crippen LogP contribution in [0.25, 0.3) is 0 Å². The highest BCUT2D eigenvalue weighted by molar-refractivity contribution is 6.05. The van der Waals surface area contributed by atoms with Gasteiger partial charge >= 0.3 is 0 Å². The Kier molecular flexibility index (Phi) is 4.50. The second-order valence-corrected chi connectivity index (χ2v) is 7.53. The molecule has 2 atom stereocenters. The first-order valence-electron chi connectivity index (χ1n) is 9.19. The maximum absolute atomic E-state index is 12.7. The number of amides is 3. The Bertz CT molecular complexity index is 759. The van der Waals surface area contributed by atoms with Gasteiger partial charge < -0.3 is 15.1 Å². The number of imide groups is 1. The summed E-state index contributed by atoms with van der Waals surface area (Å²) in [5.41, 5.74) is 2.80. The lowest BCUT2D eigenvalue weighted by Gasteiger charge is -2.31. The van der Waals surface area contributed by atoms with E-state index in [0.717, 1.165) is 25.2 Å². The molecule has 3 amide bonds. The Morgan fingerprint density at radius 2 is 2.04 bits per heavy atom. The minimum Gasteiger partial charge on any atom is -0.322 e. The van der Waals surface area contributed by atoms with Gasteiger partial charge in [-0.3, -0.25) is 19.7 Å². The average Bonchev–Trinajstić information content (AvgIpc) is 2.87. The Morgan fingerprint density at radius 3 is 2.73 bits per heavy atom. The molecular formula is C19H24N4O3. The summed E-state index contributed by atoms with van der Waals surface area (Å²) in [4.78, 5) is 40.0. The van der Waals surface area contributed by atoms with Gasteiger partial charge in [0.2, 0.25) is 11.8 Å². The predicted molar refractivity (Wildman–Crippen MR) is 95.2 cm³/mol. The highest BCUT2D eigenvalue weighted by Crippen LogP contribution is 2.28. The number of benzene rings is 1. The zero-order valence-electron chi connectivity index (χ0n) is 15.0. The van der Waals surface area contributed by atoms with Crippen molar-refractivity contribution in [3.05, 3.63) is 34.9 Å². The average molecular weight is 356 g/mol. The second kappa shape index (κ2) is 6.81. The number of fused-ring (bicyclic) bond motifs is 1. The van der Waals surface area contributed by atoms with E-state index in [1.54, 1.807) is 4.90 Å². The molecule has 3 aliphatic heterocycles. The molecule has 2 saturated heterocycles. The summed E-state index contributed by atoms with van der Waals surface area (Å²) in [6.45, 7) is 3.38. The fourth-order valence-electron chi connectivity index (χ4n) is 3.98. The Morgan fingerprint density at radius 1 is 1.23 bits per heavy atom. The molecule has 3 aliphatic rings. The van der Waals surface area contributed by atoms with E-state index in [9.17, 15) is 14.4 Å². The Labute approximate surface area is 152 Å². The van der Waals surface area contributed by atoms with E-state index >= 15 is 0 Å². The second-order valence-electron chi connectivity index (χ2n) is 7.53. The molecule has 1 aromatic rings. The summed E-state index contributed by atoms with van der Waals surface area (Å²) >= 11 is 0. The van der Waals surface area contributed by atoms with Gasteiger partial charge in [0.05, 0.1) is 0 Å². The number of hydrogen-bond donors (Lipinski definition) is 2. The van der Waals surface area contributed by atoms with Crippen LogP contribution in [-0.4, -0.2) is 59.7 Å². The van der Waals surface area contributed by atoms with E-state index in [0.29, 0.717) is 24.6 Å². The topological polar surface area (TPSA) is 81.8 Å². The molecule has 7 heteroatoms. The van der Waals surface area contributed by atoms with Crippen LogP contribution in [0.5, 0.6) is 0 Å². The van der Waals surface area contributed by atoms with Crippen molar-refractivity contribution < 1.29 is 14.4 Å². The zero-order chi connectivity index (χ0) is 18.3. The van der Waals surface area contributed by atoms with Crippen molar-refractivity contribution in [2.45, 2.75) is 44.4 Å². The van der Waals surface area contributed by atoms with Crippen molar-refractivity contribution in [2.24, 2.45) is 0 Å².